The zero-order valence-corrected chi connectivity index (χ0v) is 17.1. The molecule has 1 amide bonds. The molecule has 3 rings (SSSR count). The summed E-state index contributed by atoms with van der Waals surface area (Å²) in [5.41, 5.74) is 1.23. The van der Waals surface area contributed by atoms with Gasteiger partial charge in [-0.1, -0.05) is 13.5 Å². The Bertz CT molecular complexity index is 690. The molecule has 0 saturated carbocycles. The predicted molar refractivity (Wildman–Crippen MR) is 105 cm³/mol. The molecule has 0 aliphatic carbocycles. The number of hydrogen-bond acceptors (Lipinski definition) is 6. The van der Waals surface area contributed by atoms with Crippen LogP contribution in [0.4, 0.5) is 0 Å². The molecule has 3 aliphatic rings. The van der Waals surface area contributed by atoms with Crippen LogP contribution >= 0.6 is 11.8 Å². The Morgan fingerprint density at radius 1 is 1.48 bits per heavy atom. The Labute approximate surface area is 164 Å². The van der Waals surface area contributed by atoms with Crippen LogP contribution in [-0.4, -0.2) is 82.5 Å². The average Bonchev–Trinajstić information content (AvgIpc) is 3.10. The number of likely N-dealkylation sites (N-methyl/N-ethyl adjacent to an activating group) is 1. The van der Waals surface area contributed by atoms with E-state index in [4.69, 9.17) is 0 Å². The highest BCUT2D eigenvalue weighted by Gasteiger charge is 2.60. The van der Waals surface area contributed by atoms with Crippen LogP contribution in [0.3, 0.4) is 0 Å². The minimum Gasteiger partial charge on any atom is -0.477 e. The van der Waals surface area contributed by atoms with Gasteiger partial charge in [-0.2, -0.15) is 0 Å². The number of β-lactam (4-membered cyclic amide) rings is 1. The van der Waals surface area contributed by atoms with Crippen LogP contribution < -0.4 is 5.32 Å². The summed E-state index contributed by atoms with van der Waals surface area (Å²) in [4.78, 5) is 28.5. The van der Waals surface area contributed by atoms with Crippen molar-refractivity contribution in [2.24, 2.45) is 11.8 Å². The van der Waals surface area contributed by atoms with Crippen LogP contribution in [0.5, 0.6) is 0 Å². The van der Waals surface area contributed by atoms with E-state index in [-0.39, 0.29) is 34.9 Å². The first kappa shape index (κ1) is 20.4. The van der Waals surface area contributed by atoms with E-state index in [2.05, 4.69) is 16.8 Å². The highest BCUT2D eigenvalue weighted by atomic mass is 32.2. The molecule has 2 saturated heterocycles. The summed E-state index contributed by atoms with van der Waals surface area (Å²) in [7, 11) is 4.02. The summed E-state index contributed by atoms with van der Waals surface area (Å²) in [6, 6.07) is -0.0284. The van der Waals surface area contributed by atoms with Gasteiger partial charge in [-0.05, 0) is 33.0 Å². The minimum atomic E-state index is -1.07. The molecule has 0 unspecified atom stereocenters. The number of hydrogen-bond donors (Lipinski definition) is 3. The first-order valence-electron chi connectivity index (χ1n) is 9.34. The number of rotatable bonds is 7. The summed E-state index contributed by atoms with van der Waals surface area (Å²) in [6.45, 7) is 9.33. The summed E-state index contributed by atoms with van der Waals surface area (Å²) in [5, 5.41) is 23.4. The van der Waals surface area contributed by atoms with Gasteiger partial charge in [0.25, 0.3) is 0 Å². The van der Waals surface area contributed by atoms with E-state index in [1.54, 1.807) is 18.7 Å². The number of aliphatic carboxylic acids is 1. The van der Waals surface area contributed by atoms with Crippen molar-refractivity contribution in [3.05, 3.63) is 22.8 Å². The van der Waals surface area contributed by atoms with Crippen molar-refractivity contribution in [2.75, 3.05) is 27.2 Å². The fraction of sp³-hybridized carbons (Fsp3) is 0.684. The van der Waals surface area contributed by atoms with Gasteiger partial charge in [0, 0.05) is 35.2 Å². The second kappa shape index (κ2) is 7.58. The van der Waals surface area contributed by atoms with E-state index >= 15 is 0 Å². The lowest BCUT2D eigenvalue weighted by molar-refractivity contribution is -0.163. The van der Waals surface area contributed by atoms with Gasteiger partial charge in [-0.25, -0.2) is 4.79 Å². The molecule has 0 aromatic rings. The third-order valence-corrected chi connectivity index (χ3v) is 7.22. The molecule has 3 heterocycles. The van der Waals surface area contributed by atoms with Gasteiger partial charge in [-0.15, -0.1) is 11.8 Å². The van der Waals surface area contributed by atoms with Gasteiger partial charge in [0.05, 0.1) is 18.1 Å². The van der Waals surface area contributed by atoms with Crippen LogP contribution in [0.2, 0.25) is 0 Å². The molecule has 27 heavy (non-hydrogen) atoms. The molecule has 7 nitrogen and oxygen atoms in total. The first-order valence-corrected chi connectivity index (χ1v) is 10.2. The molecule has 0 aromatic heterocycles. The Balaban J connectivity index is 1.74. The summed E-state index contributed by atoms with van der Waals surface area (Å²) < 4.78 is 0. The number of nitrogens with zero attached hydrogens (tertiary/aromatic N) is 2. The number of carboxylic acid groups (broad SMARTS) is 1. The number of aliphatic hydroxyl groups is 1. The fourth-order valence-electron chi connectivity index (χ4n) is 4.48. The monoisotopic (exact) mass is 395 g/mol. The standard InChI is InChI=1S/C19H29N3O4S/c1-9(8-21(4)5)13-6-12(7-20-13)27-17-10(2)15-14(11(3)23)18(24)22(15)16(17)19(25)26/h10-15,20,23H,1,6-8H2,2-5H3,(H,25,26)/t10-,11-,12+,13+,14-,15-/m1/s1. The summed E-state index contributed by atoms with van der Waals surface area (Å²) in [5.74, 6) is -1.94. The molecule has 0 aromatic carbocycles. The largest absolute Gasteiger partial charge is 0.477 e. The zero-order valence-electron chi connectivity index (χ0n) is 16.3. The molecule has 150 valence electrons. The number of aliphatic hydroxyl groups excluding tert-OH is 1. The summed E-state index contributed by atoms with van der Waals surface area (Å²) >= 11 is 1.57. The third-order valence-electron chi connectivity index (χ3n) is 5.71. The highest BCUT2D eigenvalue weighted by Crippen LogP contribution is 2.51. The molecule has 0 spiro atoms. The molecule has 6 atom stereocenters. The Morgan fingerprint density at radius 2 is 2.15 bits per heavy atom. The third kappa shape index (κ3) is 3.55. The number of carbonyl (C=O) groups is 2. The van der Waals surface area contributed by atoms with E-state index in [9.17, 15) is 19.8 Å². The van der Waals surface area contributed by atoms with E-state index in [0.29, 0.717) is 0 Å². The van der Waals surface area contributed by atoms with Gasteiger partial charge in [0.1, 0.15) is 5.70 Å². The van der Waals surface area contributed by atoms with Crippen molar-refractivity contribution in [3.63, 3.8) is 0 Å². The lowest BCUT2D eigenvalue weighted by atomic mass is 9.79. The quantitative estimate of drug-likeness (QED) is 0.432. The second-order valence-electron chi connectivity index (χ2n) is 8.10. The van der Waals surface area contributed by atoms with Crippen molar-refractivity contribution >= 4 is 23.6 Å². The van der Waals surface area contributed by atoms with Gasteiger partial charge in [0.2, 0.25) is 5.91 Å². The predicted octanol–water partition coefficient (Wildman–Crippen LogP) is 0.722. The molecule has 0 bridgehead atoms. The summed E-state index contributed by atoms with van der Waals surface area (Å²) in [6.07, 6.45) is 0.117. The molecular formula is C19H29N3O4S. The fourth-order valence-corrected chi connectivity index (χ4v) is 5.96. The molecule has 8 heteroatoms. The number of nitrogens with one attached hydrogen (secondary N) is 1. The van der Waals surface area contributed by atoms with Crippen LogP contribution in [0.15, 0.2) is 22.8 Å². The molecule has 3 aliphatic heterocycles. The SMILES string of the molecule is C=C(CN(C)C)[C@@H]1C[C@H](SC2=C(C(=O)O)N3C(=O)[C@H]([C@@H](C)O)[C@H]3[C@H]2C)CN1. The van der Waals surface area contributed by atoms with E-state index in [1.165, 1.54) is 4.90 Å². The van der Waals surface area contributed by atoms with Gasteiger partial charge >= 0.3 is 5.97 Å². The maximum absolute atomic E-state index is 12.4. The minimum absolute atomic E-state index is 0.0811. The van der Waals surface area contributed by atoms with E-state index in [1.807, 2.05) is 21.0 Å². The van der Waals surface area contributed by atoms with Crippen LogP contribution in [-0.2, 0) is 9.59 Å². The maximum Gasteiger partial charge on any atom is 0.353 e. The van der Waals surface area contributed by atoms with Crippen molar-refractivity contribution < 1.29 is 19.8 Å². The molecule has 3 N–H and O–H groups in total. The highest BCUT2D eigenvalue weighted by molar-refractivity contribution is 8.03. The van der Waals surface area contributed by atoms with Gasteiger partial charge < -0.3 is 25.3 Å². The lowest BCUT2D eigenvalue weighted by Crippen LogP contribution is -2.63. The molecular weight excluding hydrogens is 366 g/mol. The number of amides is 1. The number of carbonyl (C=O) groups excluding carboxylic acids is 1. The van der Waals surface area contributed by atoms with Gasteiger partial charge in [-0.3, -0.25) is 4.79 Å². The van der Waals surface area contributed by atoms with Crippen LogP contribution in [0, 0.1) is 11.8 Å². The normalized spacial score (nSPS) is 34.1. The topological polar surface area (TPSA) is 93.1 Å². The van der Waals surface area contributed by atoms with Gasteiger partial charge in [0.15, 0.2) is 0 Å². The number of thioether (sulfide) groups is 1. The van der Waals surface area contributed by atoms with E-state index < -0.39 is 18.0 Å². The zero-order chi connectivity index (χ0) is 20.0. The smallest absolute Gasteiger partial charge is 0.353 e. The Kier molecular flexibility index (Phi) is 5.72. The number of fused-ring (bicyclic) bond motifs is 1. The van der Waals surface area contributed by atoms with Crippen LogP contribution in [0.25, 0.3) is 0 Å². The van der Waals surface area contributed by atoms with Crippen molar-refractivity contribution in [1.29, 1.82) is 0 Å². The Morgan fingerprint density at radius 3 is 2.70 bits per heavy atom. The first-order chi connectivity index (χ1) is 12.6. The second-order valence-corrected chi connectivity index (χ2v) is 9.45. The lowest BCUT2D eigenvalue weighted by Gasteiger charge is -2.46. The van der Waals surface area contributed by atoms with Crippen molar-refractivity contribution in [1.82, 2.24) is 15.1 Å². The average molecular weight is 396 g/mol. The van der Waals surface area contributed by atoms with Crippen LogP contribution in [0.1, 0.15) is 20.3 Å². The van der Waals surface area contributed by atoms with Crippen molar-refractivity contribution in [2.45, 2.75) is 43.7 Å². The van der Waals surface area contributed by atoms with Crippen molar-refractivity contribution in [3.8, 4) is 0 Å². The number of carboxylic acids is 1. The maximum atomic E-state index is 12.4. The van der Waals surface area contributed by atoms with E-state index in [0.717, 1.165) is 30.0 Å². The molecule has 2 fully saturated rings. The Hall–Kier alpha value is -1.35. The molecule has 0 radical (unpaired) electrons.